The first-order valence-corrected chi connectivity index (χ1v) is 10.2. The Kier molecular flexibility index (Phi) is 4.27. The summed E-state index contributed by atoms with van der Waals surface area (Å²) in [6.45, 7) is 2.71. The molecule has 0 bridgehead atoms. The van der Waals surface area contributed by atoms with E-state index in [4.69, 9.17) is 0 Å². The molecule has 0 unspecified atom stereocenters. The van der Waals surface area contributed by atoms with Crippen LogP contribution in [0, 0.1) is 5.41 Å². The van der Waals surface area contributed by atoms with Crippen molar-refractivity contribution >= 4 is 16.6 Å². The van der Waals surface area contributed by atoms with E-state index >= 15 is 0 Å². The first-order chi connectivity index (χ1) is 13.6. The fraction of sp³-hybridized carbons (Fsp3) is 0.435. The number of fused-ring (bicyclic) bond motifs is 1. The minimum atomic E-state index is 0.265. The number of piperidine rings is 1. The van der Waals surface area contributed by atoms with Gasteiger partial charge in [-0.15, -0.1) is 0 Å². The van der Waals surface area contributed by atoms with Gasteiger partial charge >= 0.3 is 0 Å². The van der Waals surface area contributed by atoms with Crippen molar-refractivity contribution in [1.82, 2.24) is 19.4 Å². The van der Waals surface area contributed by atoms with Gasteiger partial charge in [0.1, 0.15) is 0 Å². The molecule has 5 nitrogen and oxygen atoms in total. The Bertz CT molecular complexity index is 1020. The van der Waals surface area contributed by atoms with Crippen LogP contribution in [0.15, 0.2) is 43.0 Å². The molecule has 5 heteroatoms. The molecule has 0 atom stereocenters. The van der Waals surface area contributed by atoms with Crippen molar-refractivity contribution in [1.29, 1.82) is 0 Å². The molecular weight excluding hydrogens is 348 g/mol. The summed E-state index contributed by atoms with van der Waals surface area (Å²) in [5.41, 5.74) is 3.72. The number of ketones is 1. The van der Waals surface area contributed by atoms with Crippen LogP contribution in [0.4, 0.5) is 0 Å². The number of hydrogen-bond acceptors (Lipinski definition) is 4. The summed E-state index contributed by atoms with van der Waals surface area (Å²) < 4.78 is 2.01. The van der Waals surface area contributed by atoms with E-state index in [1.54, 1.807) is 0 Å². The van der Waals surface area contributed by atoms with E-state index in [0.717, 1.165) is 40.8 Å². The maximum atomic E-state index is 12.6. The summed E-state index contributed by atoms with van der Waals surface area (Å²) in [6.07, 6.45) is 11.3. The third-order valence-electron chi connectivity index (χ3n) is 6.54. The SMILES string of the molecule is Cn1cncc1-c1ccc2cnc(CC(=O)CN3CCC4(CC3)CC4)cc2c1. The highest BCUT2D eigenvalue weighted by Gasteiger charge is 2.44. The van der Waals surface area contributed by atoms with Crippen molar-refractivity contribution in [2.45, 2.75) is 32.1 Å². The molecule has 2 aromatic heterocycles. The molecule has 2 fully saturated rings. The van der Waals surface area contributed by atoms with Gasteiger partial charge in [0.25, 0.3) is 0 Å². The van der Waals surface area contributed by atoms with Gasteiger partial charge in [-0.3, -0.25) is 14.7 Å². The summed E-state index contributed by atoms with van der Waals surface area (Å²) in [4.78, 5) is 23.7. The highest BCUT2D eigenvalue weighted by atomic mass is 16.1. The van der Waals surface area contributed by atoms with Crippen LogP contribution in [-0.4, -0.2) is 44.9 Å². The summed E-state index contributed by atoms with van der Waals surface area (Å²) in [5, 5.41) is 2.21. The average molecular weight is 374 g/mol. The zero-order valence-corrected chi connectivity index (χ0v) is 16.4. The Morgan fingerprint density at radius 3 is 2.61 bits per heavy atom. The molecule has 1 aliphatic carbocycles. The van der Waals surface area contributed by atoms with Crippen LogP contribution >= 0.6 is 0 Å². The summed E-state index contributed by atoms with van der Waals surface area (Å²) in [5.74, 6) is 0.265. The number of likely N-dealkylation sites (tertiary alicyclic amines) is 1. The van der Waals surface area contributed by atoms with Crippen LogP contribution in [-0.2, 0) is 18.3 Å². The maximum absolute atomic E-state index is 12.6. The van der Waals surface area contributed by atoms with Crippen molar-refractivity contribution in [3.8, 4) is 11.3 Å². The van der Waals surface area contributed by atoms with E-state index in [2.05, 4.69) is 39.1 Å². The molecule has 144 valence electrons. The standard InChI is InChI=1S/C23H26N4O/c1-26-16-24-14-22(26)17-2-3-18-13-25-20(11-19(18)10-17)12-21(28)15-27-8-6-23(4-5-23)7-9-27/h2-3,10-11,13-14,16H,4-9,12,15H2,1H3. The van der Waals surface area contributed by atoms with Crippen molar-refractivity contribution in [3.05, 3.63) is 48.7 Å². The van der Waals surface area contributed by atoms with E-state index in [9.17, 15) is 4.79 Å². The first kappa shape index (κ1) is 17.6. The highest BCUT2D eigenvalue weighted by Crippen LogP contribution is 2.53. The Hall–Kier alpha value is -2.53. The van der Waals surface area contributed by atoms with E-state index in [-0.39, 0.29) is 5.78 Å². The molecule has 3 heterocycles. The van der Waals surface area contributed by atoms with Gasteiger partial charge in [0.15, 0.2) is 5.78 Å². The summed E-state index contributed by atoms with van der Waals surface area (Å²) in [7, 11) is 1.99. The number of carbonyl (C=O) groups excluding carboxylic acids is 1. The largest absolute Gasteiger partial charge is 0.334 e. The van der Waals surface area contributed by atoms with Gasteiger partial charge in [-0.05, 0) is 61.7 Å². The number of rotatable bonds is 5. The fourth-order valence-corrected chi connectivity index (χ4v) is 4.45. The molecule has 1 saturated heterocycles. The van der Waals surface area contributed by atoms with Crippen LogP contribution in [0.2, 0.25) is 0 Å². The minimum Gasteiger partial charge on any atom is -0.334 e. The number of Topliss-reactive ketones (excluding diaryl/α,β-unsaturated/α-hetero) is 1. The molecule has 28 heavy (non-hydrogen) atoms. The molecule has 3 aromatic rings. The number of pyridine rings is 1. The molecule has 1 aromatic carbocycles. The lowest BCUT2D eigenvalue weighted by atomic mass is 9.93. The lowest BCUT2D eigenvalue weighted by Crippen LogP contribution is -2.38. The van der Waals surface area contributed by atoms with E-state index in [1.807, 2.05) is 30.3 Å². The van der Waals surface area contributed by atoms with Gasteiger partial charge in [-0.25, -0.2) is 4.98 Å². The zero-order valence-electron chi connectivity index (χ0n) is 16.4. The number of aryl methyl sites for hydroxylation is 1. The van der Waals surface area contributed by atoms with E-state index in [0.29, 0.717) is 18.4 Å². The summed E-state index contributed by atoms with van der Waals surface area (Å²) >= 11 is 0. The van der Waals surface area contributed by atoms with Gasteiger partial charge in [-0.2, -0.15) is 0 Å². The normalized spacial score (nSPS) is 18.6. The molecule has 1 aliphatic heterocycles. The number of carbonyl (C=O) groups is 1. The lowest BCUT2D eigenvalue weighted by Gasteiger charge is -2.31. The first-order valence-electron chi connectivity index (χ1n) is 10.2. The van der Waals surface area contributed by atoms with Crippen molar-refractivity contribution < 1.29 is 4.79 Å². The predicted octanol–water partition coefficient (Wildman–Crippen LogP) is 3.62. The molecule has 0 amide bonds. The molecule has 1 saturated carbocycles. The summed E-state index contributed by atoms with van der Waals surface area (Å²) in [6, 6.07) is 8.39. The van der Waals surface area contributed by atoms with Crippen molar-refractivity contribution in [2.75, 3.05) is 19.6 Å². The molecule has 1 spiro atoms. The van der Waals surface area contributed by atoms with Gasteiger partial charge in [0.2, 0.25) is 0 Å². The van der Waals surface area contributed by atoms with Crippen LogP contribution in [0.5, 0.6) is 0 Å². The zero-order chi connectivity index (χ0) is 19.1. The lowest BCUT2D eigenvalue weighted by molar-refractivity contribution is -0.120. The Balaban J connectivity index is 1.28. The number of imidazole rings is 1. The van der Waals surface area contributed by atoms with E-state index in [1.165, 1.54) is 25.7 Å². The quantitative estimate of drug-likeness (QED) is 0.684. The van der Waals surface area contributed by atoms with Crippen molar-refractivity contribution in [3.63, 3.8) is 0 Å². The van der Waals surface area contributed by atoms with Crippen molar-refractivity contribution in [2.24, 2.45) is 12.5 Å². The topological polar surface area (TPSA) is 51.0 Å². The van der Waals surface area contributed by atoms with Gasteiger partial charge < -0.3 is 4.57 Å². The molecule has 0 N–H and O–H groups in total. The Morgan fingerprint density at radius 2 is 1.89 bits per heavy atom. The molecule has 0 radical (unpaired) electrons. The maximum Gasteiger partial charge on any atom is 0.152 e. The second-order valence-corrected chi connectivity index (χ2v) is 8.62. The molecular formula is C23H26N4O. The minimum absolute atomic E-state index is 0.265. The Morgan fingerprint density at radius 1 is 1.07 bits per heavy atom. The van der Waals surface area contributed by atoms with Crippen LogP contribution in [0.25, 0.3) is 22.0 Å². The monoisotopic (exact) mass is 374 g/mol. The number of hydrogen-bond donors (Lipinski definition) is 0. The van der Waals surface area contributed by atoms with E-state index < -0.39 is 0 Å². The van der Waals surface area contributed by atoms with Gasteiger partial charge in [0, 0.05) is 29.9 Å². The van der Waals surface area contributed by atoms with Crippen LogP contribution in [0.1, 0.15) is 31.4 Å². The number of aromatic nitrogens is 3. The second kappa shape index (κ2) is 6.82. The third kappa shape index (κ3) is 3.47. The van der Waals surface area contributed by atoms with Gasteiger partial charge in [0.05, 0.1) is 31.2 Å². The smallest absolute Gasteiger partial charge is 0.152 e. The third-order valence-corrected chi connectivity index (χ3v) is 6.54. The predicted molar refractivity (Wildman–Crippen MR) is 110 cm³/mol. The number of benzene rings is 1. The average Bonchev–Trinajstić information content (AvgIpc) is 3.31. The molecule has 5 rings (SSSR count). The highest BCUT2D eigenvalue weighted by molar-refractivity contribution is 5.88. The molecule has 2 aliphatic rings. The number of nitrogens with zero attached hydrogens (tertiary/aromatic N) is 4. The van der Waals surface area contributed by atoms with Gasteiger partial charge in [-0.1, -0.05) is 12.1 Å². The second-order valence-electron chi connectivity index (χ2n) is 8.62. The van der Waals surface area contributed by atoms with Crippen LogP contribution in [0.3, 0.4) is 0 Å². The Labute approximate surface area is 165 Å². The fourth-order valence-electron chi connectivity index (χ4n) is 4.45. The van der Waals surface area contributed by atoms with Crippen LogP contribution < -0.4 is 0 Å².